The molecule has 0 bridgehead atoms. The maximum Gasteiger partial charge on any atom is 0.223 e. The van der Waals surface area contributed by atoms with E-state index in [-0.39, 0.29) is 28.4 Å². The zero-order chi connectivity index (χ0) is 14.6. The van der Waals surface area contributed by atoms with Crippen molar-refractivity contribution < 1.29 is 13.6 Å². The molecule has 0 radical (unpaired) electrons. The van der Waals surface area contributed by atoms with E-state index in [2.05, 4.69) is 21.2 Å². The minimum absolute atomic E-state index is 0.000909. The highest BCUT2D eigenvalue weighted by Gasteiger charge is 2.17. The predicted octanol–water partition coefficient (Wildman–Crippen LogP) is 2.54. The number of nitrogens with one attached hydrogen (secondary N) is 1. The van der Waals surface area contributed by atoms with Crippen LogP contribution in [0.15, 0.2) is 16.6 Å². The van der Waals surface area contributed by atoms with Gasteiger partial charge >= 0.3 is 0 Å². The van der Waals surface area contributed by atoms with Gasteiger partial charge in [0.25, 0.3) is 0 Å². The standard InChI is InChI=1S/C13H17BrF2N2O/c1-8(13(19)17-2)6-18(3)7-9-11(15)5-4-10(14)12(9)16/h4-5,8H,6-7H2,1-3H3,(H,17,19). The fourth-order valence-corrected chi connectivity index (χ4v) is 2.22. The van der Waals surface area contributed by atoms with E-state index >= 15 is 0 Å². The van der Waals surface area contributed by atoms with E-state index in [9.17, 15) is 13.6 Å². The lowest BCUT2D eigenvalue weighted by atomic mass is 10.1. The molecule has 0 saturated carbocycles. The molecule has 1 N–H and O–H groups in total. The topological polar surface area (TPSA) is 32.3 Å². The number of nitrogens with zero attached hydrogens (tertiary/aromatic N) is 1. The van der Waals surface area contributed by atoms with Crippen molar-refractivity contribution in [1.82, 2.24) is 10.2 Å². The summed E-state index contributed by atoms with van der Waals surface area (Å²) in [5, 5.41) is 2.54. The van der Waals surface area contributed by atoms with Crippen molar-refractivity contribution >= 4 is 21.8 Å². The highest BCUT2D eigenvalue weighted by atomic mass is 79.9. The van der Waals surface area contributed by atoms with E-state index in [0.717, 1.165) is 0 Å². The van der Waals surface area contributed by atoms with E-state index < -0.39 is 11.6 Å². The molecule has 0 fully saturated rings. The lowest BCUT2D eigenvalue weighted by Gasteiger charge is -2.21. The SMILES string of the molecule is CNC(=O)C(C)CN(C)Cc1c(F)ccc(Br)c1F. The third-order valence-electron chi connectivity index (χ3n) is 2.85. The van der Waals surface area contributed by atoms with Gasteiger partial charge in [-0.25, -0.2) is 8.78 Å². The fourth-order valence-electron chi connectivity index (χ4n) is 1.85. The van der Waals surface area contributed by atoms with Crippen molar-refractivity contribution in [3.63, 3.8) is 0 Å². The molecule has 6 heteroatoms. The predicted molar refractivity (Wildman–Crippen MR) is 73.6 cm³/mol. The molecular weight excluding hydrogens is 318 g/mol. The number of rotatable bonds is 5. The Morgan fingerprint density at radius 2 is 2.11 bits per heavy atom. The van der Waals surface area contributed by atoms with E-state index in [4.69, 9.17) is 0 Å². The molecule has 0 aromatic heterocycles. The van der Waals surface area contributed by atoms with Crippen LogP contribution in [0.25, 0.3) is 0 Å². The Bertz CT molecular complexity index is 468. The second-order valence-corrected chi connectivity index (χ2v) is 5.39. The summed E-state index contributed by atoms with van der Waals surface area (Å²) in [6.07, 6.45) is 0. The molecule has 1 aromatic rings. The molecule has 1 amide bonds. The van der Waals surface area contributed by atoms with Crippen molar-refractivity contribution in [2.45, 2.75) is 13.5 Å². The van der Waals surface area contributed by atoms with Crippen LogP contribution in [0.2, 0.25) is 0 Å². The summed E-state index contributed by atoms with van der Waals surface area (Å²) in [6, 6.07) is 2.56. The Balaban J connectivity index is 2.75. The van der Waals surface area contributed by atoms with Gasteiger partial charge in [-0.15, -0.1) is 0 Å². The maximum atomic E-state index is 13.8. The van der Waals surface area contributed by atoms with E-state index in [1.165, 1.54) is 12.1 Å². The van der Waals surface area contributed by atoms with E-state index in [1.807, 2.05) is 0 Å². The Hall–Kier alpha value is -1.01. The first-order valence-corrected chi connectivity index (χ1v) is 6.68. The molecular formula is C13H17BrF2N2O. The Kier molecular flexibility index (Phi) is 5.87. The van der Waals surface area contributed by atoms with Crippen molar-refractivity contribution in [3.8, 4) is 0 Å². The zero-order valence-electron chi connectivity index (χ0n) is 11.1. The lowest BCUT2D eigenvalue weighted by Crippen LogP contribution is -2.34. The first-order chi connectivity index (χ1) is 8.86. The maximum absolute atomic E-state index is 13.8. The largest absolute Gasteiger partial charge is 0.359 e. The van der Waals surface area contributed by atoms with Gasteiger partial charge in [-0.3, -0.25) is 4.79 Å². The van der Waals surface area contributed by atoms with Crippen molar-refractivity contribution in [2.24, 2.45) is 5.92 Å². The molecule has 3 nitrogen and oxygen atoms in total. The van der Waals surface area contributed by atoms with Crippen molar-refractivity contribution in [1.29, 1.82) is 0 Å². The van der Waals surface area contributed by atoms with Gasteiger partial charge in [0, 0.05) is 31.6 Å². The molecule has 0 aliphatic heterocycles. The van der Waals surface area contributed by atoms with Gasteiger partial charge in [-0.05, 0) is 35.1 Å². The van der Waals surface area contributed by atoms with Crippen LogP contribution in [0.1, 0.15) is 12.5 Å². The Morgan fingerprint density at radius 3 is 2.68 bits per heavy atom. The summed E-state index contributed by atoms with van der Waals surface area (Å²) in [4.78, 5) is 13.1. The highest BCUT2D eigenvalue weighted by molar-refractivity contribution is 9.10. The number of amides is 1. The average Bonchev–Trinajstić information content (AvgIpc) is 2.38. The second-order valence-electron chi connectivity index (χ2n) is 4.53. The van der Waals surface area contributed by atoms with Crippen LogP contribution in [0, 0.1) is 17.6 Å². The minimum Gasteiger partial charge on any atom is -0.359 e. The fraction of sp³-hybridized carbons (Fsp3) is 0.462. The molecule has 1 atom stereocenters. The summed E-state index contributed by atoms with van der Waals surface area (Å²) in [7, 11) is 3.28. The molecule has 106 valence electrons. The normalized spacial score (nSPS) is 12.6. The first-order valence-electron chi connectivity index (χ1n) is 5.89. The number of hydrogen-bond acceptors (Lipinski definition) is 2. The first kappa shape index (κ1) is 16.0. The van der Waals surface area contributed by atoms with Gasteiger partial charge in [0.05, 0.1) is 4.47 Å². The van der Waals surface area contributed by atoms with Crippen LogP contribution in [-0.2, 0) is 11.3 Å². The molecule has 0 aliphatic rings. The third-order valence-corrected chi connectivity index (χ3v) is 3.46. The van der Waals surface area contributed by atoms with Crippen LogP contribution >= 0.6 is 15.9 Å². The molecule has 0 spiro atoms. The summed E-state index contributed by atoms with van der Waals surface area (Å²) >= 11 is 3.03. The third kappa shape index (κ3) is 4.24. The summed E-state index contributed by atoms with van der Waals surface area (Å²) in [5.41, 5.74) is 0.000909. The molecule has 1 unspecified atom stereocenters. The Morgan fingerprint density at radius 1 is 1.47 bits per heavy atom. The van der Waals surface area contributed by atoms with Crippen LogP contribution < -0.4 is 5.32 Å². The van der Waals surface area contributed by atoms with E-state index in [0.29, 0.717) is 6.54 Å². The van der Waals surface area contributed by atoms with Gasteiger partial charge < -0.3 is 10.2 Å². The van der Waals surface area contributed by atoms with Gasteiger partial charge in [-0.2, -0.15) is 0 Å². The van der Waals surface area contributed by atoms with Crippen LogP contribution in [0.4, 0.5) is 8.78 Å². The quantitative estimate of drug-likeness (QED) is 0.839. The van der Waals surface area contributed by atoms with Gasteiger partial charge in [0.15, 0.2) is 0 Å². The van der Waals surface area contributed by atoms with Crippen molar-refractivity contribution in [3.05, 3.63) is 33.8 Å². The zero-order valence-corrected chi connectivity index (χ0v) is 12.7. The molecule has 19 heavy (non-hydrogen) atoms. The van der Waals surface area contributed by atoms with E-state index in [1.54, 1.807) is 25.9 Å². The number of carbonyl (C=O) groups is 1. The van der Waals surface area contributed by atoms with Gasteiger partial charge in [-0.1, -0.05) is 6.92 Å². The number of halogens is 3. The molecule has 1 rings (SSSR count). The highest BCUT2D eigenvalue weighted by Crippen LogP contribution is 2.22. The lowest BCUT2D eigenvalue weighted by molar-refractivity contribution is -0.124. The number of carbonyl (C=O) groups excluding carboxylic acids is 1. The average molecular weight is 335 g/mol. The number of benzene rings is 1. The van der Waals surface area contributed by atoms with Gasteiger partial charge in [0.2, 0.25) is 5.91 Å². The smallest absolute Gasteiger partial charge is 0.223 e. The minimum atomic E-state index is -0.598. The summed E-state index contributed by atoms with van der Waals surface area (Å²) < 4.78 is 27.6. The van der Waals surface area contributed by atoms with Crippen LogP contribution in [-0.4, -0.2) is 31.4 Å². The summed E-state index contributed by atoms with van der Waals surface area (Å²) in [6.45, 7) is 2.30. The summed E-state index contributed by atoms with van der Waals surface area (Å²) in [5.74, 6) is -1.52. The molecule has 0 aliphatic carbocycles. The molecule has 1 aromatic carbocycles. The second kappa shape index (κ2) is 6.96. The molecule has 0 heterocycles. The monoisotopic (exact) mass is 334 g/mol. The van der Waals surface area contributed by atoms with Crippen molar-refractivity contribution in [2.75, 3.05) is 20.6 Å². The van der Waals surface area contributed by atoms with Crippen LogP contribution in [0.5, 0.6) is 0 Å². The Labute approximate surface area is 120 Å². The molecule has 0 saturated heterocycles. The number of hydrogen-bond donors (Lipinski definition) is 1. The van der Waals surface area contributed by atoms with Gasteiger partial charge in [0.1, 0.15) is 11.6 Å². The van der Waals surface area contributed by atoms with Crippen LogP contribution in [0.3, 0.4) is 0 Å².